The molecule has 0 aliphatic heterocycles. The number of aromatic hydroxyl groups is 1. The molecule has 0 spiro atoms. The fraction of sp³-hybridized carbons (Fsp3) is 0. The summed E-state index contributed by atoms with van der Waals surface area (Å²) in [5.74, 6) is -0.242. The van der Waals surface area contributed by atoms with Gasteiger partial charge in [-0.2, -0.15) is 0 Å². The number of aromatic amines is 1. The molecule has 2 rings (SSSR count). The van der Waals surface area contributed by atoms with Crippen LogP contribution in [0, 0.1) is 0 Å². The summed E-state index contributed by atoms with van der Waals surface area (Å²) < 4.78 is 0. The van der Waals surface area contributed by atoms with E-state index in [0.29, 0.717) is 0 Å². The molecule has 1 aromatic heterocycles. The Balaban J connectivity index is 0.000000845. The van der Waals surface area contributed by atoms with E-state index in [1.807, 2.05) is 18.2 Å². The highest BCUT2D eigenvalue weighted by atomic mass is 35.5. The molecule has 0 radical (unpaired) electrons. The second-order valence-electron chi connectivity index (χ2n) is 2.57. The third-order valence-corrected chi connectivity index (χ3v) is 1.73. The first kappa shape index (κ1) is 9.61. The number of para-hydroxylation sites is 1. The average Bonchev–Trinajstić information content (AvgIpc) is 2.07. The van der Waals surface area contributed by atoms with Crippen molar-refractivity contribution in [2.75, 3.05) is 0 Å². The Kier molecular flexibility index (Phi) is 2.58. The van der Waals surface area contributed by atoms with E-state index >= 15 is 0 Å². The normalized spacial score (nSPS) is 9.54. The number of nitrogens with one attached hydrogen (secondary N) is 1. The summed E-state index contributed by atoms with van der Waals surface area (Å²) in [6.45, 7) is 0. The van der Waals surface area contributed by atoms with Crippen LogP contribution >= 0.6 is 12.4 Å². The van der Waals surface area contributed by atoms with Crippen molar-refractivity contribution in [3.05, 3.63) is 40.7 Å². The van der Waals surface area contributed by atoms with Gasteiger partial charge in [0.1, 0.15) is 0 Å². The third kappa shape index (κ3) is 1.65. The lowest BCUT2D eigenvalue weighted by Gasteiger charge is -1.96. The van der Waals surface area contributed by atoms with Crippen molar-refractivity contribution < 1.29 is 5.11 Å². The Morgan fingerprint density at radius 1 is 1.23 bits per heavy atom. The minimum atomic E-state index is -0.450. The van der Waals surface area contributed by atoms with Crippen molar-refractivity contribution >= 4 is 23.3 Å². The van der Waals surface area contributed by atoms with Gasteiger partial charge in [-0.1, -0.05) is 18.2 Å². The molecule has 1 aromatic carbocycles. The standard InChI is InChI=1S/C9H7NO2.ClH/c11-8-5-6-3-1-2-4-7(6)10-9(8)12;/h1-5,11H,(H,10,12);1H. The van der Waals surface area contributed by atoms with Crippen molar-refractivity contribution in [2.45, 2.75) is 0 Å². The van der Waals surface area contributed by atoms with Gasteiger partial charge >= 0.3 is 0 Å². The van der Waals surface area contributed by atoms with Gasteiger partial charge in [0.25, 0.3) is 5.56 Å². The monoisotopic (exact) mass is 197 g/mol. The fourth-order valence-electron chi connectivity index (χ4n) is 1.14. The lowest BCUT2D eigenvalue weighted by atomic mass is 10.2. The van der Waals surface area contributed by atoms with Crippen LogP contribution in [0.5, 0.6) is 5.75 Å². The number of halogens is 1. The minimum absolute atomic E-state index is 0. The lowest BCUT2D eigenvalue weighted by molar-refractivity contribution is 0.468. The van der Waals surface area contributed by atoms with E-state index in [0.717, 1.165) is 10.9 Å². The van der Waals surface area contributed by atoms with E-state index in [1.165, 1.54) is 6.07 Å². The molecule has 2 N–H and O–H groups in total. The average molecular weight is 198 g/mol. The molecule has 13 heavy (non-hydrogen) atoms. The summed E-state index contributed by atoms with van der Waals surface area (Å²) >= 11 is 0. The van der Waals surface area contributed by atoms with Crippen LogP contribution in [0.3, 0.4) is 0 Å². The first-order valence-electron chi connectivity index (χ1n) is 3.58. The molecule has 0 saturated carbocycles. The van der Waals surface area contributed by atoms with Crippen LogP contribution < -0.4 is 5.56 Å². The number of hydrogen-bond donors (Lipinski definition) is 2. The molecule has 0 bridgehead atoms. The minimum Gasteiger partial charge on any atom is -0.503 e. The molecule has 0 amide bonds. The predicted molar refractivity (Wildman–Crippen MR) is 53.5 cm³/mol. The fourth-order valence-corrected chi connectivity index (χ4v) is 1.14. The maximum Gasteiger partial charge on any atom is 0.290 e. The topological polar surface area (TPSA) is 53.1 Å². The van der Waals surface area contributed by atoms with E-state index in [9.17, 15) is 4.79 Å². The summed E-state index contributed by atoms with van der Waals surface area (Å²) in [5, 5.41) is 9.90. The van der Waals surface area contributed by atoms with Crippen LogP contribution in [0.4, 0.5) is 0 Å². The van der Waals surface area contributed by atoms with Gasteiger partial charge in [0.05, 0.1) is 0 Å². The Morgan fingerprint density at radius 3 is 2.69 bits per heavy atom. The van der Waals surface area contributed by atoms with E-state index in [4.69, 9.17) is 5.11 Å². The Labute approximate surface area is 80.4 Å². The summed E-state index contributed by atoms with van der Waals surface area (Å²) in [4.78, 5) is 13.5. The highest BCUT2D eigenvalue weighted by Gasteiger charge is 1.97. The van der Waals surface area contributed by atoms with Gasteiger partial charge in [0, 0.05) is 10.9 Å². The van der Waals surface area contributed by atoms with Crippen LogP contribution in [-0.2, 0) is 0 Å². The van der Waals surface area contributed by atoms with Crippen LogP contribution in [0.15, 0.2) is 35.1 Å². The van der Waals surface area contributed by atoms with Crippen LogP contribution in [0.25, 0.3) is 10.9 Å². The van der Waals surface area contributed by atoms with E-state index < -0.39 is 5.56 Å². The molecule has 0 atom stereocenters. The number of benzene rings is 1. The number of fused-ring (bicyclic) bond motifs is 1. The third-order valence-electron chi connectivity index (χ3n) is 1.73. The van der Waals surface area contributed by atoms with Crippen molar-refractivity contribution in [2.24, 2.45) is 0 Å². The zero-order valence-corrected chi connectivity index (χ0v) is 7.47. The first-order chi connectivity index (χ1) is 5.77. The van der Waals surface area contributed by atoms with Gasteiger partial charge in [-0.05, 0) is 12.1 Å². The summed E-state index contributed by atoms with van der Waals surface area (Å²) in [7, 11) is 0. The van der Waals surface area contributed by atoms with E-state index in [2.05, 4.69) is 4.98 Å². The molecule has 0 unspecified atom stereocenters. The van der Waals surface area contributed by atoms with Crippen molar-refractivity contribution in [3.63, 3.8) is 0 Å². The van der Waals surface area contributed by atoms with Crippen molar-refractivity contribution in [1.82, 2.24) is 4.98 Å². The largest absolute Gasteiger partial charge is 0.503 e. The summed E-state index contributed by atoms with van der Waals surface area (Å²) in [6, 6.07) is 8.74. The molecule has 2 aromatic rings. The molecule has 0 aliphatic carbocycles. The molecule has 68 valence electrons. The zero-order chi connectivity index (χ0) is 8.55. The number of aromatic nitrogens is 1. The van der Waals surface area contributed by atoms with Crippen molar-refractivity contribution in [1.29, 1.82) is 0 Å². The second-order valence-corrected chi connectivity index (χ2v) is 2.57. The molecule has 1 heterocycles. The smallest absolute Gasteiger partial charge is 0.290 e. The zero-order valence-electron chi connectivity index (χ0n) is 6.65. The van der Waals surface area contributed by atoms with Gasteiger partial charge in [-0.3, -0.25) is 4.79 Å². The van der Waals surface area contributed by atoms with Gasteiger partial charge in [-0.25, -0.2) is 0 Å². The molecule has 0 saturated heterocycles. The number of hydrogen-bond acceptors (Lipinski definition) is 2. The summed E-state index contributed by atoms with van der Waals surface area (Å²) in [6.07, 6.45) is 0. The molecule has 0 aliphatic rings. The lowest BCUT2D eigenvalue weighted by Crippen LogP contribution is -2.03. The van der Waals surface area contributed by atoms with Gasteiger partial charge in [0.15, 0.2) is 5.75 Å². The van der Waals surface area contributed by atoms with E-state index in [-0.39, 0.29) is 18.2 Å². The molecular weight excluding hydrogens is 190 g/mol. The molecule has 3 nitrogen and oxygen atoms in total. The van der Waals surface area contributed by atoms with Crippen LogP contribution in [0.1, 0.15) is 0 Å². The number of pyridine rings is 1. The molecule has 0 fully saturated rings. The molecular formula is C9H8ClNO2. The summed E-state index contributed by atoms with van der Waals surface area (Å²) in [5.41, 5.74) is 0.286. The Morgan fingerprint density at radius 2 is 1.92 bits per heavy atom. The highest BCUT2D eigenvalue weighted by molar-refractivity contribution is 5.85. The highest BCUT2D eigenvalue weighted by Crippen LogP contribution is 2.12. The van der Waals surface area contributed by atoms with Crippen LogP contribution in [0.2, 0.25) is 0 Å². The molecule has 4 heteroatoms. The van der Waals surface area contributed by atoms with Crippen molar-refractivity contribution in [3.8, 4) is 5.75 Å². The van der Waals surface area contributed by atoms with Gasteiger partial charge in [0.2, 0.25) is 0 Å². The maximum atomic E-state index is 10.9. The maximum absolute atomic E-state index is 10.9. The predicted octanol–water partition coefficient (Wildman–Crippen LogP) is 1.66. The van der Waals surface area contributed by atoms with E-state index in [1.54, 1.807) is 6.07 Å². The van der Waals surface area contributed by atoms with Crippen LogP contribution in [-0.4, -0.2) is 10.1 Å². The number of H-pyrrole nitrogens is 1. The van der Waals surface area contributed by atoms with Gasteiger partial charge < -0.3 is 10.1 Å². The SMILES string of the molecule is Cl.O=c1[nH]c2ccccc2cc1O. The Bertz CT molecular complexity index is 478. The second kappa shape index (κ2) is 3.49. The quantitative estimate of drug-likeness (QED) is 0.675. The first-order valence-corrected chi connectivity index (χ1v) is 3.58. The van der Waals surface area contributed by atoms with Gasteiger partial charge in [-0.15, -0.1) is 12.4 Å². The number of rotatable bonds is 0. The Hall–Kier alpha value is -1.48.